The second kappa shape index (κ2) is 5.27. The molecule has 0 aliphatic heterocycles. The zero-order valence-electron chi connectivity index (χ0n) is 10.0. The minimum atomic E-state index is -0.965. The summed E-state index contributed by atoms with van der Waals surface area (Å²) in [7, 11) is 0. The molecule has 0 aliphatic rings. The number of hydrogen-bond acceptors (Lipinski definition) is 1. The second-order valence-electron chi connectivity index (χ2n) is 4.37. The van der Waals surface area contributed by atoms with Gasteiger partial charge in [0.25, 0.3) is 0 Å². The Morgan fingerprint density at radius 2 is 1.89 bits per heavy atom. The van der Waals surface area contributed by atoms with E-state index in [9.17, 15) is 13.9 Å². The third-order valence-electron chi connectivity index (χ3n) is 2.83. The van der Waals surface area contributed by atoms with Crippen LogP contribution in [0.4, 0.5) is 8.78 Å². The van der Waals surface area contributed by atoms with Gasteiger partial charge in [-0.15, -0.1) is 0 Å². The minimum absolute atomic E-state index is 0.192. The average molecular weight is 248 g/mol. The molecule has 1 N–H and O–H groups in total. The standard InChI is InChI=1S/C15H14F2O/c1-10-5-6-13(14(17)7-10)15(18)9-11-3-2-4-12(16)8-11/h2-8,15,18H,9H2,1H3. The molecule has 0 aliphatic carbocycles. The molecule has 3 heteroatoms. The van der Waals surface area contributed by atoms with Crippen molar-refractivity contribution in [2.45, 2.75) is 19.4 Å². The fourth-order valence-corrected chi connectivity index (χ4v) is 1.90. The molecule has 1 unspecified atom stereocenters. The van der Waals surface area contributed by atoms with Gasteiger partial charge >= 0.3 is 0 Å². The zero-order valence-corrected chi connectivity index (χ0v) is 10.0. The summed E-state index contributed by atoms with van der Waals surface area (Å²) in [5.74, 6) is -0.789. The van der Waals surface area contributed by atoms with Gasteiger partial charge in [0, 0.05) is 12.0 Å². The Morgan fingerprint density at radius 1 is 1.11 bits per heavy atom. The highest BCUT2D eigenvalue weighted by Crippen LogP contribution is 2.22. The highest BCUT2D eigenvalue weighted by atomic mass is 19.1. The van der Waals surface area contributed by atoms with Gasteiger partial charge in [-0.1, -0.05) is 24.3 Å². The molecule has 0 heterocycles. The lowest BCUT2D eigenvalue weighted by molar-refractivity contribution is 0.173. The summed E-state index contributed by atoms with van der Waals surface area (Å²) in [5, 5.41) is 9.97. The van der Waals surface area contributed by atoms with E-state index >= 15 is 0 Å². The smallest absolute Gasteiger partial charge is 0.129 e. The van der Waals surface area contributed by atoms with E-state index in [4.69, 9.17) is 0 Å². The van der Waals surface area contributed by atoms with Crippen molar-refractivity contribution in [2.24, 2.45) is 0 Å². The monoisotopic (exact) mass is 248 g/mol. The Balaban J connectivity index is 2.19. The van der Waals surface area contributed by atoms with Crippen molar-refractivity contribution in [1.29, 1.82) is 0 Å². The van der Waals surface area contributed by atoms with Crippen LogP contribution >= 0.6 is 0 Å². The van der Waals surface area contributed by atoms with Crippen molar-refractivity contribution in [3.8, 4) is 0 Å². The van der Waals surface area contributed by atoms with Crippen molar-refractivity contribution >= 4 is 0 Å². The van der Waals surface area contributed by atoms with Gasteiger partial charge in [0.1, 0.15) is 11.6 Å². The summed E-state index contributed by atoms with van der Waals surface area (Å²) in [6.07, 6.45) is -0.773. The van der Waals surface area contributed by atoms with Crippen LogP contribution in [0.2, 0.25) is 0 Å². The van der Waals surface area contributed by atoms with Crippen molar-refractivity contribution in [3.05, 3.63) is 70.8 Å². The molecule has 1 atom stereocenters. The Kier molecular flexibility index (Phi) is 3.72. The van der Waals surface area contributed by atoms with Crippen molar-refractivity contribution in [3.63, 3.8) is 0 Å². The fourth-order valence-electron chi connectivity index (χ4n) is 1.90. The maximum absolute atomic E-state index is 13.6. The number of rotatable bonds is 3. The molecule has 1 nitrogen and oxygen atoms in total. The van der Waals surface area contributed by atoms with Crippen LogP contribution in [0, 0.1) is 18.6 Å². The second-order valence-corrected chi connectivity index (χ2v) is 4.37. The van der Waals surface area contributed by atoms with Crippen LogP contribution in [0.5, 0.6) is 0 Å². The molecule has 0 amide bonds. The largest absolute Gasteiger partial charge is 0.388 e. The van der Waals surface area contributed by atoms with Gasteiger partial charge < -0.3 is 5.11 Å². The summed E-state index contributed by atoms with van der Waals surface area (Å²) >= 11 is 0. The molecule has 0 aromatic heterocycles. The molecule has 18 heavy (non-hydrogen) atoms. The molecule has 2 aromatic carbocycles. The molecular formula is C15H14F2O. The predicted octanol–water partition coefficient (Wildman–Crippen LogP) is 3.55. The molecule has 2 rings (SSSR count). The average Bonchev–Trinajstić information content (AvgIpc) is 2.28. The summed E-state index contributed by atoms with van der Waals surface area (Å²) in [5.41, 5.74) is 1.68. The molecule has 0 saturated carbocycles. The Bertz CT molecular complexity index is 552. The van der Waals surface area contributed by atoms with Gasteiger partial charge in [0.15, 0.2) is 0 Å². The molecule has 0 fully saturated rings. The third-order valence-corrected chi connectivity index (χ3v) is 2.83. The number of aryl methyl sites for hydroxylation is 1. The van der Waals surface area contributed by atoms with Crippen LogP contribution in [0.25, 0.3) is 0 Å². The van der Waals surface area contributed by atoms with Gasteiger partial charge in [-0.05, 0) is 36.2 Å². The van der Waals surface area contributed by atoms with E-state index in [2.05, 4.69) is 0 Å². The number of benzene rings is 2. The maximum Gasteiger partial charge on any atom is 0.129 e. The van der Waals surface area contributed by atoms with E-state index in [1.165, 1.54) is 18.2 Å². The predicted molar refractivity (Wildman–Crippen MR) is 66.2 cm³/mol. The van der Waals surface area contributed by atoms with Gasteiger partial charge in [0.2, 0.25) is 0 Å². The first-order chi connectivity index (χ1) is 8.56. The van der Waals surface area contributed by atoms with Gasteiger partial charge in [-0.3, -0.25) is 0 Å². The van der Waals surface area contributed by atoms with Crippen LogP contribution in [0.3, 0.4) is 0 Å². The van der Waals surface area contributed by atoms with Crippen molar-refractivity contribution < 1.29 is 13.9 Å². The van der Waals surface area contributed by atoms with E-state index in [0.717, 1.165) is 5.56 Å². The Hall–Kier alpha value is -1.74. The lowest BCUT2D eigenvalue weighted by atomic mass is 10.00. The lowest BCUT2D eigenvalue weighted by Crippen LogP contribution is -2.04. The Morgan fingerprint density at radius 3 is 2.56 bits per heavy atom. The van der Waals surface area contributed by atoms with E-state index in [0.29, 0.717) is 5.56 Å². The first-order valence-electron chi connectivity index (χ1n) is 5.75. The van der Waals surface area contributed by atoms with E-state index < -0.39 is 11.9 Å². The van der Waals surface area contributed by atoms with Crippen molar-refractivity contribution in [2.75, 3.05) is 0 Å². The molecule has 0 saturated heterocycles. The number of aliphatic hydroxyl groups is 1. The molecular weight excluding hydrogens is 234 g/mol. The highest BCUT2D eigenvalue weighted by molar-refractivity contribution is 5.27. The van der Waals surface area contributed by atoms with Crippen LogP contribution < -0.4 is 0 Å². The Labute approximate surface area is 105 Å². The normalized spacial score (nSPS) is 12.4. The molecule has 0 bridgehead atoms. The summed E-state index contributed by atoms with van der Waals surface area (Å²) in [6, 6.07) is 10.6. The van der Waals surface area contributed by atoms with Crippen LogP contribution in [0.15, 0.2) is 42.5 Å². The fraction of sp³-hybridized carbons (Fsp3) is 0.200. The van der Waals surface area contributed by atoms with Crippen LogP contribution in [-0.4, -0.2) is 5.11 Å². The molecule has 94 valence electrons. The van der Waals surface area contributed by atoms with Crippen LogP contribution in [0.1, 0.15) is 22.8 Å². The lowest BCUT2D eigenvalue weighted by Gasteiger charge is -2.12. The minimum Gasteiger partial charge on any atom is -0.388 e. The maximum atomic E-state index is 13.6. The van der Waals surface area contributed by atoms with Gasteiger partial charge in [-0.25, -0.2) is 8.78 Å². The first-order valence-corrected chi connectivity index (χ1v) is 5.75. The van der Waals surface area contributed by atoms with Crippen LogP contribution in [-0.2, 0) is 6.42 Å². The molecule has 2 aromatic rings. The van der Waals surface area contributed by atoms with Crippen molar-refractivity contribution in [1.82, 2.24) is 0 Å². The summed E-state index contributed by atoms with van der Waals surface area (Å²) in [4.78, 5) is 0. The van der Waals surface area contributed by atoms with E-state index in [1.54, 1.807) is 31.2 Å². The topological polar surface area (TPSA) is 20.2 Å². The highest BCUT2D eigenvalue weighted by Gasteiger charge is 2.13. The summed E-state index contributed by atoms with van der Waals surface area (Å²) in [6.45, 7) is 1.78. The number of aliphatic hydroxyl groups excluding tert-OH is 1. The van der Waals surface area contributed by atoms with E-state index in [1.807, 2.05) is 0 Å². The first kappa shape index (κ1) is 12.7. The third kappa shape index (κ3) is 2.93. The number of hydrogen-bond donors (Lipinski definition) is 1. The molecule has 0 spiro atoms. The summed E-state index contributed by atoms with van der Waals surface area (Å²) < 4.78 is 26.6. The van der Waals surface area contributed by atoms with Gasteiger partial charge in [0.05, 0.1) is 6.10 Å². The quantitative estimate of drug-likeness (QED) is 0.880. The van der Waals surface area contributed by atoms with Gasteiger partial charge in [-0.2, -0.15) is 0 Å². The zero-order chi connectivity index (χ0) is 13.1. The number of halogens is 2. The van der Waals surface area contributed by atoms with E-state index in [-0.39, 0.29) is 17.8 Å². The SMILES string of the molecule is Cc1ccc(C(O)Cc2cccc(F)c2)c(F)c1. The molecule has 0 radical (unpaired) electrons.